The van der Waals surface area contributed by atoms with Crippen molar-refractivity contribution in [2.45, 2.75) is 32.1 Å². The molecule has 4 atom stereocenters. The molecule has 0 amide bonds. The molecule has 11 heavy (non-hydrogen) atoms. The van der Waals surface area contributed by atoms with Gasteiger partial charge in [0.2, 0.25) is 0 Å². The lowest BCUT2D eigenvalue weighted by Gasteiger charge is -2.11. The molecule has 3 rings (SSSR count). The summed E-state index contributed by atoms with van der Waals surface area (Å²) < 4.78 is 0. The Hall–Kier alpha value is -0.330. The van der Waals surface area contributed by atoms with Crippen LogP contribution in [0.2, 0.25) is 0 Å². The highest BCUT2D eigenvalue weighted by atomic mass is 16.1. The molecule has 1 heteroatoms. The summed E-state index contributed by atoms with van der Waals surface area (Å²) >= 11 is 0. The van der Waals surface area contributed by atoms with Gasteiger partial charge in [-0.25, -0.2) is 0 Å². The molecule has 1 nitrogen and oxygen atoms in total. The summed E-state index contributed by atoms with van der Waals surface area (Å²) in [5.41, 5.74) is 0. The van der Waals surface area contributed by atoms with Gasteiger partial charge in [0.25, 0.3) is 0 Å². The first-order valence-corrected chi connectivity index (χ1v) is 4.89. The standard InChI is InChI=1S/C10H14O/c11-9-5-7-2-1-6-3-4-8(9)10(6)7/h6-8,10H,1-5H2/t6-,7+,8-,10+/m1/s1. The first-order chi connectivity index (χ1) is 5.36. The lowest BCUT2D eigenvalue weighted by Crippen LogP contribution is -2.11. The predicted octanol–water partition coefficient (Wildman–Crippen LogP) is 2.01. The molecule has 0 bridgehead atoms. The van der Waals surface area contributed by atoms with E-state index in [9.17, 15) is 4.79 Å². The Morgan fingerprint density at radius 2 is 1.73 bits per heavy atom. The normalized spacial score (nSPS) is 53.6. The van der Waals surface area contributed by atoms with Crippen molar-refractivity contribution >= 4 is 5.78 Å². The Morgan fingerprint density at radius 1 is 1.00 bits per heavy atom. The summed E-state index contributed by atoms with van der Waals surface area (Å²) in [7, 11) is 0. The summed E-state index contributed by atoms with van der Waals surface area (Å²) in [5, 5.41) is 0. The summed E-state index contributed by atoms with van der Waals surface area (Å²) in [6.45, 7) is 0. The number of carbonyl (C=O) groups excluding carboxylic acids is 1. The van der Waals surface area contributed by atoms with Gasteiger partial charge in [-0.3, -0.25) is 4.79 Å². The minimum Gasteiger partial charge on any atom is -0.299 e. The molecule has 0 aromatic carbocycles. The van der Waals surface area contributed by atoms with Crippen LogP contribution in [0, 0.1) is 23.7 Å². The van der Waals surface area contributed by atoms with Gasteiger partial charge in [-0.05, 0) is 43.4 Å². The third-order valence-electron chi connectivity index (χ3n) is 4.19. The second kappa shape index (κ2) is 1.88. The van der Waals surface area contributed by atoms with E-state index in [0.717, 1.165) is 24.2 Å². The molecule has 0 aromatic heterocycles. The highest BCUT2D eigenvalue weighted by molar-refractivity contribution is 5.84. The maximum Gasteiger partial charge on any atom is 0.136 e. The highest BCUT2D eigenvalue weighted by Gasteiger charge is 2.52. The van der Waals surface area contributed by atoms with Gasteiger partial charge in [-0.1, -0.05) is 0 Å². The quantitative estimate of drug-likeness (QED) is 0.516. The van der Waals surface area contributed by atoms with Crippen LogP contribution >= 0.6 is 0 Å². The zero-order chi connectivity index (χ0) is 7.42. The molecule has 0 aliphatic heterocycles. The lowest BCUT2D eigenvalue weighted by atomic mass is 9.92. The maximum atomic E-state index is 11.4. The summed E-state index contributed by atoms with van der Waals surface area (Å²) in [4.78, 5) is 11.4. The number of carbonyl (C=O) groups is 1. The van der Waals surface area contributed by atoms with Gasteiger partial charge in [0.15, 0.2) is 0 Å². The molecule has 0 saturated heterocycles. The van der Waals surface area contributed by atoms with Crippen molar-refractivity contribution < 1.29 is 4.79 Å². The molecule has 0 heterocycles. The van der Waals surface area contributed by atoms with E-state index in [2.05, 4.69) is 0 Å². The smallest absolute Gasteiger partial charge is 0.136 e. The van der Waals surface area contributed by atoms with E-state index >= 15 is 0 Å². The second-order valence-electron chi connectivity index (χ2n) is 4.53. The van der Waals surface area contributed by atoms with Crippen molar-refractivity contribution in [3.63, 3.8) is 0 Å². The monoisotopic (exact) mass is 150 g/mol. The third-order valence-corrected chi connectivity index (χ3v) is 4.19. The van der Waals surface area contributed by atoms with E-state index in [4.69, 9.17) is 0 Å². The van der Waals surface area contributed by atoms with Gasteiger partial charge in [0.1, 0.15) is 5.78 Å². The van der Waals surface area contributed by atoms with Gasteiger partial charge in [0.05, 0.1) is 0 Å². The average molecular weight is 150 g/mol. The van der Waals surface area contributed by atoms with Crippen LogP contribution in [0.1, 0.15) is 32.1 Å². The van der Waals surface area contributed by atoms with Gasteiger partial charge in [-0.2, -0.15) is 0 Å². The number of hydrogen-bond acceptors (Lipinski definition) is 1. The SMILES string of the molecule is O=C1C[C@@H]2CC[C@@H]3CC[C@H]1[C@@H]32. The highest BCUT2D eigenvalue weighted by Crippen LogP contribution is 2.56. The Morgan fingerprint density at radius 3 is 2.64 bits per heavy atom. The van der Waals surface area contributed by atoms with E-state index in [-0.39, 0.29) is 0 Å². The zero-order valence-electron chi connectivity index (χ0n) is 6.75. The van der Waals surface area contributed by atoms with Crippen molar-refractivity contribution in [1.29, 1.82) is 0 Å². The fraction of sp³-hybridized carbons (Fsp3) is 0.900. The van der Waals surface area contributed by atoms with Crippen molar-refractivity contribution in [3.05, 3.63) is 0 Å². The average Bonchev–Trinajstić information content (AvgIpc) is 2.53. The minimum atomic E-state index is 0.521. The van der Waals surface area contributed by atoms with Gasteiger partial charge in [0, 0.05) is 12.3 Å². The molecule has 3 aliphatic rings. The largest absolute Gasteiger partial charge is 0.299 e. The van der Waals surface area contributed by atoms with Crippen LogP contribution in [0.5, 0.6) is 0 Å². The van der Waals surface area contributed by atoms with Crippen LogP contribution in [0.3, 0.4) is 0 Å². The van der Waals surface area contributed by atoms with Crippen LogP contribution in [-0.4, -0.2) is 5.78 Å². The molecule has 60 valence electrons. The lowest BCUT2D eigenvalue weighted by molar-refractivity contribution is -0.121. The van der Waals surface area contributed by atoms with Gasteiger partial charge >= 0.3 is 0 Å². The van der Waals surface area contributed by atoms with Crippen molar-refractivity contribution in [3.8, 4) is 0 Å². The third kappa shape index (κ3) is 0.646. The first kappa shape index (κ1) is 6.22. The van der Waals surface area contributed by atoms with Crippen molar-refractivity contribution in [2.75, 3.05) is 0 Å². The topological polar surface area (TPSA) is 17.1 Å². The van der Waals surface area contributed by atoms with E-state index in [0.29, 0.717) is 11.7 Å². The molecule has 3 aliphatic carbocycles. The molecular weight excluding hydrogens is 136 g/mol. The van der Waals surface area contributed by atoms with Crippen molar-refractivity contribution in [2.24, 2.45) is 23.7 Å². The van der Waals surface area contributed by atoms with Crippen LogP contribution in [0.4, 0.5) is 0 Å². The summed E-state index contributed by atoms with van der Waals surface area (Å²) in [6, 6.07) is 0. The molecule has 0 unspecified atom stereocenters. The fourth-order valence-electron chi connectivity index (χ4n) is 3.80. The van der Waals surface area contributed by atoms with E-state index in [1.807, 2.05) is 0 Å². The van der Waals surface area contributed by atoms with Gasteiger partial charge < -0.3 is 0 Å². The molecule has 0 spiro atoms. The molecule has 3 fully saturated rings. The Kier molecular flexibility index (Phi) is 1.06. The number of Topliss-reactive ketones (excluding diaryl/α,β-unsaturated/α-hetero) is 1. The van der Waals surface area contributed by atoms with Crippen LogP contribution < -0.4 is 0 Å². The Balaban J connectivity index is 1.99. The summed E-state index contributed by atoms with van der Waals surface area (Å²) in [6.07, 6.45) is 6.31. The number of rotatable bonds is 0. The van der Waals surface area contributed by atoms with E-state index in [1.165, 1.54) is 25.7 Å². The predicted molar refractivity (Wildman–Crippen MR) is 42.1 cm³/mol. The molecule has 0 radical (unpaired) electrons. The number of hydrogen-bond donors (Lipinski definition) is 0. The van der Waals surface area contributed by atoms with Crippen LogP contribution in [0.15, 0.2) is 0 Å². The van der Waals surface area contributed by atoms with Gasteiger partial charge in [-0.15, -0.1) is 0 Å². The van der Waals surface area contributed by atoms with Crippen LogP contribution in [0.25, 0.3) is 0 Å². The minimum absolute atomic E-state index is 0.521. The number of ketones is 1. The molecule has 0 aromatic rings. The Labute approximate surface area is 67.2 Å². The molecule has 3 saturated carbocycles. The van der Waals surface area contributed by atoms with E-state index in [1.54, 1.807) is 0 Å². The maximum absolute atomic E-state index is 11.4. The molecule has 0 N–H and O–H groups in total. The Bertz CT molecular complexity index is 209. The first-order valence-electron chi connectivity index (χ1n) is 4.89. The summed E-state index contributed by atoms with van der Waals surface area (Å²) in [5.74, 6) is 3.74. The van der Waals surface area contributed by atoms with Crippen molar-refractivity contribution in [1.82, 2.24) is 0 Å². The van der Waals surface area contributed by atoms with Crippen LogP contribution in [-0.2, 0) is 4.79 Å². The fourth-order valence-corrected chi connectivity index (χ4v) is 3.80. The van der Waals surface area contributed by atoms with E-state index < -0.39 is 0 Å². The second-order valence-corrected chi connectivity index (χ2v) is 4.53. The zero-order valence-corrected chi connectivity index (χ0v) is 6.75. The molecular formula is C10H14O.